The maximum Gasteiger partial charge on any atom is 0.241 e. The minimum Gasteiger partial charge on any atom is -0.473 e. The Kier molecular flexibility index (Phi) is 4.03. The largest absolute Gasteiger partial charge is 0.473 e. The van der Waals surface area contributed by atoms with E-state index in [4.69, 9.17) is 9.72 Å². The highest BCUT2D eigenvalue weighted by Gasteiger charge is 2.31. The molecule has 2 aliphatic rings. The number of carbonyl (C=O) groups excluding carboxylic acids is 1. The number of rotatable bonds is 5. The van der Waals surface area contributed by atoms with Crippen LogP contribution in [0.3, 0.4) is 0 Å². The van der Waals surface area contributed by atoms with E-state index in [0.717, 1.165) is 46.2 Å². The van der Waals surface area contributed by atoms with Crippen molar-refractivity contribution in [2.24, 2.45) is 13.0 Å². The van der Waals surface area contributed by atoms with Gasteiger partial charge in [-0.1, -0.05) is 6.07 Å². The third-order valence-corrected chi connectivity index (χ3v) is 6.45. The van der Waals surface area contributed by atoms with Gasteiger partial charge in [0.25, 0.3) is 0 Å². The van der Waals surface area contributed by atoms with Crippen LogP contribution in [-0.2, 0) is 11.8 Å². The van der Waals surface area contributed by atoms with E-state index in [1.165, 1.54) is 0 Å². The molecule has 4 aromatic rings. The van der Waals surface area contributed by atoms with Crippen LogP contribution in [0.25, 0.3) is 33.3 Å². The van der Waals surface area contributed by atoms with Crippen LogP contribution in [-0.4, -0.2) is 42.6 Å². The number of aryl methyl sites for hydroxylation is 1. The van der Waals surface area contributed by atoms with Crippen LogP contribution in [0.15, 0.2) is 36.9 Å². The molecule has 0 spiro atoms. The molecule has 0 bridgehead atoms. The maximum absolute atomic E-state index is 11.7. The maximum atomic E-state index is 11.7. The summed E-state index contributed by atoms with van der Waals surface area (Å²) in [7, 11) is 1.99. The van der Waals surface area contributed by atoms with Crippen LogP contribution in [0.4, 0.5) is 0 Å². The number of ether oxygens (including phenoxy) is 1. The van der Waals surface area contributed by atoms with Gasteiger partial charge < -0.3 is 19.2 Å². The van der Waals surface area contributed by atoms with Crippen molar-refractivity contribution in [2.75, 3.05) is 6.54 Å². The number of nitrogens with one attached hydrogen (secondary N) is 1. The number of hydrogen-bond donors (Lipinski definition) is 1. The van der Waals surface area contributed by atoms with Crippen molar-refractivity contribution in [3.63, 3.8) is 0 Å². The van der Waals surface area contributed by atoms with Gasteiger partial charge in [-0.3, -0.25) is 4.79 Å². The molecule has 158 valence electrons. The highest BCUT2D eigenvalue weighted by atomic mass is 16.5. The molecule has 2 atom stereocenters. The van der Waals surface area contributed by atoms with Gasteiger partial charge in [-0.05, 0) is 38.0 Å². The fourth-order valence-corrected chi connectivity index (χ4v) is 4.41. The van der Waals surface area contributed by atoms with Crippen molar-refractivity contribution in [1.82, 2.24) is 29.4 Å². The molecule has 1 amide bonds. The lowest BCUT2D eigenvalue weighted by molar-refractivity contribution is -0.119. The van der Waals surface area contributed by atoms with E-state index in [1.54, 1.807) is 0 Å². The van der Waals surface area contributed by atoms with Gasteiger partial charge >= 0.3 is 0 Å². The predicted molar refractivity (Wildman–Crippen MR) is 117 cm³/mol. The molecule has 1 saturated carbocycles. The minimum absolute atomic E-state index is 0.0824. The van der Waals surface area contributed by atoms with Gasteiger partial charge in [-0.25, -0.2) is 15.0 Å². The molecule has 4 heterocycles. The third-order valence-electron chi connectivity index (χ3n) is 6.45. The summed E-state index contributed by atoms with van der Waals surface area (Å²) in [6.07, 6.45) is 6.37. The highest BCUT2D eigenvalue weighted by Crippen LogP contribution is 2.40. The van der Waals surface area contributed by atoms with Gasteiger partial charge in [0, 0.05) is 37.5 Å². The van der Waals surface area contributed by atoms with Crippen LogP contribution >= 0.6 is 0 Å². The van der Waals surface area contributed by atoms with Gasteiger partial charge in [-0.2, -0.15) is 0 Å². The van der Waals surface area contributed by atoms with Gasteiger partial charge in [0.1, 0.15) is 11.6 Å². The average Bonchev–Trinajstić information content (AvgIpc) is 3.18. The predicted octanol–water partition coefficient (Wildman–Crippen LogP) is 3.22. The van der Waals surface area contributed by atoms with Crippen LogP contribution in [0.5, 0.6) is 5.88 Å². The second-order valence-corrected chi connectivity index (χ2v) is 8.71. The summed E-state index contributed by atoms with van der Waals surface area (Å²) in [6.45, 7) is 2.66. The molecule has 31 heavy (non-hydrogen) atoms. The van der Waals surface area contributed by atoms with Crippen molar-refractivity contribution in [3.05, 3.63) is 36.9 Å². The molecule has 1 N–H and O–H groups in total. The number of nitrogens with zero attached hydrogens (tertiary/aromatic N) is 5. The van der Waals surface area contributed by atoms with E-state index < -0.39 is 0 Å². The number of fused-ring (bicyclic) bond motifs is 2. The lowest BCUT2D eigenvalue weighted by Crippen LogP contribution is -2.26. The lowest BCUT2D eigenvalue weighted by atomic mass is 10.0. The van der Waals surface area contributed by atoms with Crippen molar-refractivity contribution < 1.29 is 9.53 Å². The number of hydrogen-bond acceptors (Lipinski definition) is 5. The molecule has 3 aromatic heterocycles. The van der Waals surface area contributed by atoms with E-state index in [2.05, 4.69) is 32.0 Å². The Bertz CT molecular complexity index is 1320. The Labute approximate surface area is 179 Å². The summed E-state index contributed by atoms with van der Waals surface area (Å²) in [5.74, 6) is 0.805. The minimum atomic E-state index is -0.134. The molecule has 1 aliphatic heterocycles. The zero-order chi connectivity index (χ0) is 21.1. The Morgan fingerprint density at radius 1 is 1.16 bits per heavy atom. The van der Waals surface area contributed by atoms with Crippen molar-refractivity contribution in [3.8, 4) is 17.1 Å². The molecule has 8 nitrogen and oxygen atoms in total. The van der Waals surface area contributed by atoms with Crippen LogP contribution in [0.2, 0.25) is 0 Å². The Balaban J connectivity index is 1.44. The standard InChI is InChI=1S/C23H24N6O2/c1-13(15-8-21(30)24-10-15)31-23-22-19(26-12-29(22)16-4-5-16)9-17(27-23)14-3-6-20-18(7-14)25-11-28(20)2/h3,6-7,9,11-13,15-16H,4-5,8,10H2,1-2H3,(H,24,30). The molecule has 1 aromatic carbocycles. The second-order valence-electron chi connectivity index (χ2n) is 8.71. The van der Waals surface area contributed by atoms with Crippen molar-refractivity contribution in [2.45, 2.75) is 38.3 Å². The normalized spacial score (nSPS) is 19.8. The SMILES string of the molecule is CC(Oc1nc(-c2ccc3c(c2)ncn3C)cc2ncn(C3CC3)c12)C1CNC(=O)C1. The molecule has 2 fully saturated rings. The molecule has 2 unspecified atom stereocenters. The summed E-state index contributed by atoms with van der Waals surface area (Å²) in [4.78, 5) is 25.8. The fraction of sp³-hybridized carbons (Fsp3) is 0.391. The first-order valence-corrected chi connectivity index (χ1v) is 10.8. The zero-order valence-electron chi connectivity index (χ0n) is 17.6. The Morgan fingerprint density at radius 2 is 2.00 bits per heavy atom. The van der Waals surface area contributed by atoms with E-state index in [-0.39, 0.29) is 17.9 Å². The number of amides is 1. The first kappa shape index (κ1) is 18.4. The number of aromatic nitrogens is 5. The monoisotopic (exact) mass is 416 g/mol. The smallest absolute Gasteiger partial charge is 0.241 e. The van der Waals surface area contributed by atoms with Crippen LogP contribution in [0.1, 0.15) is 32.2 Å². The summed E-state index contributed by atoms with van der Waals surface area (Å²) in [5, 5.41) is 2.90. The second kappa shape index (κ2) is 6.80. The van der Waals surface area contributed by atoms with Crippen LogP contribution < -0.4 is 10.1 Å². The Morgan fingerprint density at radius 3 is 2.77 bits per heavy atom. The first-order chi connectivity index (χ1) is 15.1. The third kappa shape index (κ3) is 3.13. The average molecular weight is 416 g/mol. The van der Waals surface area contributed by atoms with Gasteiger partial charge in [0.05, 0.1) is 34.9 Å². The molecule has 8 heteroatoms. The quantitative estimate of drug-likeness (QED) is 0.540. The summed E-state index contributed by atoms with van der Waals surface area (Å²) in [6, 6.07) is 8.66. The molecule has 6 rings (SSSR count). The summed E-state index contributed by atoms with van der Waals surface area (Å²) >= 11 is 0. The molecule has 0 radical (unpaired) electrons. The van der Waals surface area contributed by atoms with E-state index in [9.17, 15) is 4.79 Å². The first-order valence-electron chi connectivity index (χ1n) is 10.8. The number of pyridine rings is 1. The van der Waals surface area contributed by atoms with Gasteiger partial charge in [0.15, 0.2) is 0 Å². The Hall–Kier alpha value is -3.42. The molecular formula is C23H24N6O2. The van der Waals surface area contributed by atoms with Gasteiger partial charge in [0.2, 0.25) is 11.8 Å². The molecule has 1 saturated heterocycles. The molecular weight excluding hydrogens is 392 g/mol. The van der Waals surface area contributed by atoms with Crippen molar-refractivity contribution in [1.29, 1.82) is 0 Å². The van der Waals surface area contributed by atoms with Crippen molar-refractivity contribution >= 4 is 28.0 Å². The topological polar surface area (TPSA) is 86.9 Å². The van der Waals surface area contributed by atoms with E-state index >= 15 is 0 Å². The van der Waals surface area contributed by atoms with E-state index in [0.29, 0.717) is 24.9 Å². The van der Waals surface area contributed by atoms with Gasteiger partial charge in [-0.15, -0.1) is 0 Å². The highest BCUT2D eigenvalue weighted by molar-refractivity contribution is 5.87. The fourth-order valence-electron chi connectivity index (χ4n) is 4.41. The number of carbonyl (C=O) groups is 1. The summed E-state index contributed by atoms with van der Waals surface area (Å²) < 4.78 is 10.6. The summed E-state index contributed by atoms with van der Waals surface area (Å²) in [5.41, 5.74) is 5.60. The van der Waals surface area contributed by atoms with E-state index in [1.807, 2.05) is 43.3 Å². The molecule has 1 aliphatic carbocycles. The lowest BCUT2D eigenvalue weighted by Gasteiger charge is -2.20. The zero-order valence-corrected chi connectivity index (χ0v) is 17.6. The van der Waals surface area contributed by atoms with Crippen LogP contribution in [0, 0.1) is 5.92 Å². The number of imidazole rings is 2. The number of benzene rings is 1.